The predicted octanol–water partition coefficient (Wildman–Crippen LogP) is 4.08. The summed E-state index contributed by atoms with van der Waals surface area (Å²) in [6.45, 7) is 2.14. The Labute approximate surface area is 162 Å². The quantitative estimate of drug-likeness (QED) is 0.589. The molecule has 5 nitrogen and oxygen atoms in total. The van der Waals surface area contributed by atoms with Crippen molar-refractivity contribution in [3.8, 4) is 0 Å². The molecule has 0 aliphatic heterocycles. The standard InChI is InChI=1S/C23H19N3O2/c1-16-9-11-19(12-10-16)26(23(28)21-8-4-5-13-24-21)15-18-14-17-6-2-3-7-20(17)25-22(18)27/h2-14H,15H2,1H3,(H,25,27). The van der Waals surface area contributed by atoms with E-state index < -0.39 is 0 Å². The SMILES string of the molecule is Cc1ccc(N(Cc2cc3ccccc3[nH]c2=O)C(=O)c2ccccn2)cc1. The number of hydrogen-bond donors (Lipinski definition) is 1. The molecule has 0 aliphatic rings. The van der Waals surface area contributed by atoms with Gasteiger partial charge in [0.15, 0.2) is 0 Å². The van der Waals surface area contributed by atoms with E-state index in [1.165, 1.54) is 0 Å². The van der Waals surface area contributed by atoms with Crippen molar-refractivity contribution in [2.45, 2.75) is 13.5 Å². The van der Waals surface area contributed by atoms with Crippen LogP contribution >= 0.6 is 0 Å². The summed E-state index contributed by atoms with van der Waals surface area (Å²) in [6.07, 6.45) is 1.59. The van der Waals surface area contributed by atoms with Gasteiger partial charge in [-0.15, -0.1) is 0 Å². The van der Waals surface area contributed by atoms with E-state index in [9.17, 15) is 9.59 Å². The fourth-order valence-electron chi connectivity index (χ4n) is 3.11. The van der Waals surface area contributed by atoms with Gasteiger partial charge in [-0.2, -0.15) is 0 Å². The second-order valence-corrected chi connectivity index (χ2v) is 6.65. The molecule has 1 amide bonds. The Hall–Kier alpha value is -3.73. The van der Waals surface area contributed by atoms with E-state index in [0.717, 1.165) is 16.5 Å². The number of carbonyl (C=O) groups excluding carboxylic acids is 1. The predicted molar refractivity (Wildman–Crippen MR) is 110 cm³/mol. The maximum atomic E-state index is 13.2. The van der Waals surface area contributed by atoms with Crippen LogP contribution < -0.4 is 10.5 Å². The number of nitrogens with zero attached hydrogens (tertiary/aromatic N) is 2. The van der Waals surface area contributed by atoms with E-state index in [1.807, 2.05) is 61.5 Å². The normalized spacial score (nSPS) is 10.8. The second-order valence-electron chi connectivity index (χ2n) is 6.65. The van der Waals surface area contributed by atoms with Gasteiger partial charge in [0.1, 0.15) is 5.69 Å². The largest absolute Gasteiger partial charge is 0.322 e. The molecule has 1 N–H and O–H groups in total. The molecule has 0 aliphatic carbocycles. The molecule has 138 valence electrons. The van der Waals surface area contributed by atoms with Crippen LogP contribution in [0.2, 0.25) is 0 Å². The van der Waals surface area contributed by atoms with E-state index in [2.05, 4.69) is 9.97 Å². The number of aromatic amines is 1. The van der Waals surface area contributed by atoms with Crippen molar-refractivity contribution in [1.29, 1.82) is 0 Å². The van der Waals surface area contributed by atoms with Crippen LogP contribution in [0.5, 0.6) is 0 Å². The number of carbonyl (C=O) groups is 1. The van der Waals surface area contributed by atoms with E-state index in [1.54, 1.807) is 29.3 Å². The lowest BCUT2D eigenvalue weighted by Crippen LogP contribution is -2.33. The first kappa shape index (κ1) is 17.7. The molecule has 0 saturated carbocycles. The molecule has 0 spiro atoms. The zero-order valence-corrected chi connectivity index (χ0v) is 15.4. The van der Waals surface area contributed by atoms with Crippen LogP contribution in [-0.2, 0) is 6.54 Å². The third-order valence-electron chi connectivity index (χ3n) is 4.63. The van der Waals surface area contributed by atoms with E-state index >= 15 is 0 Å². The van der Waals surface area contributed by atoms with Crippen molar-refractivity contribution in [2.24, 2.45) is 0 Å². The summed E-state index contributed by atoms with van der Waals surface area (Å²) in [5, 5.41) is 0.922. The topological polar surface area (TPSA) is 66.1 Å². The first-order valence-corrected chi connectivity index (χ1v) is 9.02. The van der Waals surface area contributed by atoms with Gasteiger partial charge in [-0.25, -0.2) is 0 Å². The Kier molecular flexibility index (Phi) is 4.72. The maximum Gasteiger partial charge on any atom is 0.277 e. The van der Waals surface area contributed by atoms with Gasteiger partial charge in [0.25, 0.3) is 11.5 Å². The molecule has 0 radical (unpaired) electrons. The van der Waals surface area contributed by atoms with Gasteiger partial charge in [-0.1, -0.05) is 42.0 Å². The molecule has 2 aromatic carbocycles. The maximum absolute atomic E-state index is 13.2. The van der Waals surface area contributed by atoms with Crippen molar-refractivity contribution in [1.82, 2.24) is 9.97 Å². The molecule has 4 aromatic rings. The summed E-state index contributed by atoms with van der Waals surface area (Å²) in [7, 11) is 0. The fourth-order valence-corrected chi connectivity index (χ4v) is 3.11. The third kappa shape index (κ3) is 3.55. The summed E-state index contributed by atoms with van der Waals surface area (Å²) in [5.74, 6) is -0.253. The first-order chi connectivity index (χ1) is 13.6. The van der Waals surface area contributed by atoms with Crippen molar-refractivity contribution >= 4 is 22.5 Å². The average molecular weight is 369 g/mol. The van der Waals surface area contributed by atoms with Crippen LogP contribution in [0.1, 0.15) is 21.6 Å². The summed E-state index contributed by atoms with van der Waals surface area (Å²) in [4.78, 5) is 34.4. The number of aromatic nitrogens is 2. The van der Waals surface area contributed by atoms with Crippen molar-refractivity contribution in [2.75, 3.05) is 4.90 Å². The van der Waals surface area contributed by atoms with Crippen molar-refractivity contribution in [3.63, 3.8) is 0 Å². The highest BCUT2D eigenvalue weighted by Crippen LogP contribution is 2.20. The lowest BCUT2D eigenvalue weighted by molar-refractivity contribution is 0.0980. The molecule has 2 heterocycles. The number of amides is 1. The van der Waals surface area contributed by atoms with E-state index in [0.29, 0.717) is 16.9 Å². The molecule has 0 saturated heterocycles. The summed E-state index contributed by atoms with van der Waals surface area (Å²) in [5.41, 5.74) is 3.23. The minimum absolute atomic E-state index is 0.151. The fraction of sp³-hybridized carbons (Fsp3) is 0.0870. The van der Waals surface area contributed by atoms with E-state index in [-0.39, 0.29) is 18.0 Å². The molecule has 28 heavy (non-hydrogen) atoms. The van der Waals surface area contributed by atoms with Gasteiger partial charge >= 0.3 is 0 Å². The number of nitrogens with one attached hydrogen (secondary N) is 1. The van der Waals surface area contributed by atoms with Crippen LogP contribution in [0.3, 0.4) is 0 Å². The van der Waals surface area contributed by atoms with Crippen LogP contribution in [0.25, 0.3) is 10.9 Å². The third-order valence-corrected chi connectivity index (χ3v) is 4.63. The number of rotatable bonds is 4. The number of benzene rings is 2. The monoisotopic (exact) mass is 369 g/mol. The Morgan fingerprint density at radius 3 is 2.50 bits per heavy atom. The van der Waals surface area contributed by atoms with Crippen LogP contribution in [-0.4, -0.2) is 15.9 Å². The first-order valence-electron chi connectivity index (χ1n) is 9.02. The molecule has 5 heteroatoms. The molecule has 0 bridgehead atoms. The molecular weight excluding hydrogens is 350 g/mol. The van der Waals surface area contributed by atoms with Gasteiger partial charge in [-0.05, 0) is 48.7 Å². The number of fused-ring (bicyclic) bond motifs is 1. The smallest absolute Gasteiger partial charge is 0.277 e. The highest BCUT2D eigenvalue weighted by atomic mass is 16.2. The Morgan fingerprint density at radius 2 is 1.75 bits per heavy atom. The highest BCUT2D eigenvalue weighted by molar-refractivity contribution is 6.04. The van der Waals surface area contributed by atoms with Gasteiger partial charge in [0, 0.05) is 23.0 Å². The number of hydrogen-bond acceptors (Lipinski definition) is 3. The number of H-pyrrole nitrogens is 1. The molecule has 0 unspecified atom stereocenters. The van der Waals surface area contributed by atoms with Crippen LogP contribution in [0.4, 0.5) is 5.69 Å². The lowest BCUT2D eigenvalue weighted by atomic mass is 10.1. The lowest BCUT2D eigenvalue weighted by Gasteiger charge is -2.22. The molecule has 2 aromatic heterocycles. The average Bonchev–Trinajstić information content (AvgIpc) is 2.73. The van der Waals surface area contributed by atoms with Crippen LogP contribution in [0, 0.1) is 6.92 Å². The molecule has 4 rings (SSSR count). The Balaban J connectivity index is 1.77. The number of para-hydroxylation sites is 1. The van der Waals surface area contributed by atoms with Gasteiger partial charge in [-0.3, -0.25) is 14.6 Å². The summed E-state index contributed by atoms with van der Waals surface area (Å²) < 4.78 is 0. The summed E-state index contributed by atoms with van der Waals surface area (Å²) >= 11 is 0. The molecule has 0 fully saturated rings. The molecule has 0 atom stereocenters. The minimum Gasteiger partial charge on any atom is -0.322 e. The van der Waals surface area contributed by atoms with Crippen molar-refractivity contribution in [3.05, 3.63) is 106 Å². The molecular formula is C23H19N3O2. The zero-order valence-electron chi connectivity index (χ0n) is 15.4. The van der Waals surface area contributed by atoms with Gasteiger partial charge in [0.05, 0.1) is 6.54 Å². The Bertz CT molecular complexity index is 1180. The number of aryl methyl sites for hydroxylation is 1. The van der Waals surface area contributed by atoms with E-state index in [4.69, 9.17) is 0 Å². The Morgan fingerprint density at radius 1 is 1.00 bits per heavy atom. The van der Waals surface area contributed by atoms with Gasteiger partial charge < -0.3 is 9.88 Å². The van der Waals surface area contributed by atoms with Crippen molar-refractivity contribution < 1.29 is 4.79 Å². The highest BCUT2D eigenvalue weighted by Gasteiger charge is 2.20. The number of anilines is 1. The number of pyridine rings is 2. The minimum atomic E-state index is -0.253. The van der Waals surface area contributed by atoms with Crippen LogP contribution in [0.15, 0.2) is 83.8 Å². The van der Waals surface area contributed by atoms with Gasteiger partial charge in [0.2, 0.25) is 0 Å². The second kappa shape index (κ2) is 7.48. The zero-order chi connectivity index (χ0) is 19.5. The summed E-state index contributed by atoms with van der Waals surface area (Å²) in [6, 6.07) is 22.3.